The number of hydrogen-bond acceptors (Lipinski definition) is 2. The van der Waals surface area contributed by atoms with Crippen LogP contribution in [0.4, 0.5) is 0 Å². The predicted molar refractivity (Wildman–Crippen MR) is 78.3 cm³/mol. The third-order valence-corrected chi connectivity index (χ3v) is 3.96. The molecule has 4 heteroatoms. The smallest absolute Gasteiger partial charge is 0.0847 e. The molecule has 0 saturated heterocycles. The van der Waals surface area contributed by atoms with Gasteiger partial charge >= 0.3 is 0 Å². The van der Waals surface area contributed by atoms with Gasteiger partial charge in [0, 0.05) is 12.6 Å². The summed E-state index contributed by atoms with van der Waals surface area (Å²) in [7, 11) is 2.05. The molecule has 1 atom stereocenters. The molecule has 0 aliphatic rings. The fraction of sp³-hybridized carbons (Fsp3) is 0.786. The number of aromatic nitrogens is 2. The van der Waals surface area contributed by atoms with Gasteiger partial charge in [0.15, 0.2) is 0 Å². The first-order valence-electron chi connectivity index (χ1n) is 7.03. The summed E-state index contributed by atoms with van der Waals surface area (Å²) in [6.45, 7) is 7.22. The summed E-state index contributed by atoms with van der Waals surface area (Å²) in [5, 5.41) is 8.69. The van der Waals surface area contributed by atoms with E-state index in [9.17, 15) is 0 Å². The molecule has 0 radical (unpaired) electrons. The lowest BCUT2D eigenvalue weighted by Gasteiger charge is -2.15. The Morgan fingerprint density at radius 1 is 1.33 bits per heavy atom. The highest BCUT2D eigenvalue weighted by Crippen LogP contribution is 2.22. The van der Waals surface area contributed by atoms with Crippen LogP contribution < -0.4 is 5.32 Å². The minimum Gasteiger partial charge on any atom is -0.317 e. The van der Waals surface area contributed by atoms with E-state index in [1.54, 1.807) is 0 Å². The Morgan fingerprint density at radius 2 is 2.06 bits per heavy atom. The Morgan fingerprint density at radius 3 is 2.61 bits per heavy atom. The van der Waals surface area contributed by atoms with Crippen LogP contribution in [0.3, 0.4) is 0 Å². The lowest BCUT2D eigenvalue weighted by molar-refractivity contribution is 0.464. The maximum Gasteiger partial charge on any atom is 0.0847 e. The first-order chi connectivity index (χ1) is 8.63. The average molecular weight is 272 g/mol. The van der Waals surface area contributed by atoms with E-state index in [1.807, 2.05) is 18.7 Å². The van der Waals surface area contributed by atoms with Gasteiger partial charge in [0.1, 0.15) is 0 Å². The number of hydrogen-bond donors (Lipinski definition) is 1. The normalized spacial score (nSPS) is 12.9. The maximum atomic E-state index is 6.30. The zero-order valence-electron chi connectivity index (χ0n) is 12.1. The van der Waals surface area contributed by atoms with Crippen molar-refractivity contribution in [2.75, 3.05) is 7.05 Å². The monoisotopic (exact) mass is 271 g/mol. The quantitative estimate of drug-likeness (QED) is 0.783. The van der Waals surface area contributed by atoms with E-state index in [4.69, 9.17) is 11.6 Å². The predicted octanol–water partition coefficient (Wildman–Crippen LogP) is 3.58. The lowest BCUT2D eigenvalue weighted by atomic mass is 10.0. The Hall–Kier alpha value is -0.540. The average Bonchev–Trinajstić information content (AvgIpc) is 2.65. The second-order valence-electron chi connectivity index (χ2n) is 4.83. The Labute approximate surface area is 116 Å². The summed E-state index contributed by atoms with van der Waals surface area (Å²) >= 11 is 6.30. The minimum absolute atomic E-state index is 0.632. The van der Waals surface area contributed by atoms with Crippen molar-refractivity contribution in [1.82, 2.24) is 15.1 Å². The fourth-order valence-corrected chi connectivity index (χ4v) is 2.64. The van der Waals surface area contributed by atoms with Crippen LogP contribution in [0.5, 0.6) is 0 Å². The third kappa shape index (κ3) is 3.99. The molecule has 1 aromatic rings. The molecular weight excluding hydrogens is 246 g/mol. The van der Waals surface area contributed by atoms with Gasteiger partial charge in [-0.15, -0.1) is 0 Å². The first kappa shape index (κ1) is 15.5. The van der Waals surface area contributed by atoms with Crippen LogP contribution >= 0.6 is 11.6 Å². The van der Waals surface area contributed by atoms with Crippen molar-refractivity contribution in [1.29, 1.82) is 0 Å². The molecule has 0 saturated carbocycles. The van der Waals surface area contributed by atoms with Crippen molar-refractivity contribution in [3.8, 4) is 0 Å². The van der Waals surface area contributed by atoms with Gasteiger partial charge in [0.05, 0.1) is 16.4 Å². The van der Waals surface area contributed by atoms with Crippen molar-refractivity contribution in [2.24, 2.45) is 0 Å². The summed E-state index contributed by atoms with van der Waals surface area (Å²) in [5.74, 6) is 0. The number of aryl methyl sites for hydroxylation is 2. The standard InChI is InChI=1S/C14H26ClN3/c1-5-8-12(16-4)9-7-10-13-14(15)11(3)17-18(13)6-2/h12,16H,5-10H2,1-4H3. The van der Waals surface area contributed by atoms with E-state index in [0.717, 1.165) is 30.1 Å². The van der Waals surface area contributed by atoms with Gasteiger partial charge in [-0.1, -0.05) is 24.9 Å². The number of nitrogens with one attached hydrogen (secondary N) is 1. The zero-order chi connectivity index (χ0) is 13.5. The topological polar surface area (TPSA) is 29.9 Å². The molecule has 1 heterocycles. The summed E-state index contributed by atoms with van der Waals surface area (Å²) < 4.78 is 2.03. The molecule has 0 fully saturated rings. The lowest BCUT2D eigenvalue weighted by Crippen LogP contribution is -2.24. The minimum atomic E-state index is 0.632. The summed E-state index contributed by atoms with van der Waals surface area (Å²) in [5.41, 5.74) is 2.15. The molecule has 1 rings (SSSR count). The van der Waals surface area contributed by atoms with E-state index < -0.39 is 0 Å². The van der Waals surface area contributed by atoms with Gasteiger partial charge in [-0.05, 0) is 46.6 Å². The zero-order valence-corrected chi connectivity index (χ0v) is 12.8. The summed E-state index contributed by atoms with van der Waals surface area (Å²) in [6, 6.07) is 0.632. The number of rotatable bonds is 8. The Kier molecular flexibility index (Phi) is 6.72. The van der Waals surface area contributed by atoms with Gasteiger partial charge in [-0.3, -0.25) is 4.68 Å². The van der Waals surface area contributed by atoms with Crippen LogP contribution in [-0.2, 0) is 13.0 Å². The molecule has 1 unspecified atom stereocenters. The van der Waals surface area contributed by atoms with Gasteiger partial charge < -0.3 is 5.32 Å². The SMILES string of the molecule is CCCC(CCCc1c(Cl)c(C)nn1CC)NC. The summed E-state index contributed by atoms with van der Waals surface area (Å²) in [6.07, 6.45) is 5.87. The van der Waals surface area contributed by atoms with Crippen LogP contribution in [0, 0.1) is 6.92 Å². The van der Waals surface area contributed by atoms with Gasteiger partial charge in [0.2, 0.25) is 0 Å². The van der Waals surface area contributed by atoms with E-state index >= 15 is 0 Å². The Bertz CT molecular complexity index is 360. The molecule has 0 aliphatic heterocycles. The van der Waals surface area contributed by atoms with Gasteiger partial charge in [-0.2, -0.15) is 5.10 Å². The molecule has 0 aliphatic carbocycles. The highest BCUT2D eigenvalue weighted by Gasteiger charge is 2.13. The first-order valence-corrected chi connectivity index (χ1v) is 7.40. The van der Waals surface area contributed by atoms with Crippen LogP contribution in [0.15, 0.2) is 0 Å². The van der Waals surface area contributed by atoms with Crippen LogP contribution in [0.2, 0.25) is 5.02 Å². The number of nitrogens with zero attached hydrogens (tertiary/aromatic N) is 2. The molecule has 18 heavy (non-hydrogen) atoms. The molecule has 1 N–H and O–H groups in total. The molecule has 0 aromatic carbocycles. The largest absolute Gasteiger partial charge is 0.317 e. The van der Waals surface area contributed by atoms with Crippen LogP contribution in [-0.4, -0.2) is 22.9 Å². The molecule has 1 aromatic heterocycles. The Balaban J connectivity index is 2.52. The summed E-state index contributed by atoms with van der Waals surface area (Å²) in [4.78, 5) is 0. The van der Waals surface area contributed by atoms with Gasteiger partial charge in [0.25, 0.3) is 0 Å². The van der Waals surface area contributed by atoms with Crippen LogP contribution in [0.1, 0.15) is 50.9 Å². The molecular formula is C14H26ClN3. The second kappa shape index (κ2) is 7.80. The van der Waals surface area contributed by atoms with Gasteiger partial charge in [-0.25, -0.2) is 0 Å². The van der Waals surface area contributed by atoms with Crippen molar-refractivity contribution in [2.45, 2.75) is 65.5 Å². The van der Waals surface area contributed by atoms with E-state index in [0.29, 0.717) is 6.04 Å². The van der Waals surface area contributed by atoms with E-state index in [2.05, 4.69) is 24.3 Å². The molecule has 0 amide bonds. The van der Waals surface area contributed by atoms with Crippen molar-refractivity contribution >= 4 is 11.6 Å². The maximum absolute atomic E-state index is 6.30. The highest BCUT2D eigenvalue weighted by molar-refractivity contribution is 6.31. The third-order valence-electron chi connectivity index (χ3n) is 3.46. The van der Waals surface area contributed by atoms with E-state index in [1.165, 1.54) is 25.0 Å². The van der Waals surface area contributed by atoms with E-state index in [-0.39, 0.29) is 0 Å². The molecule has 0 spiro atoms. The number of halogens is 1. The molecule has 0 bridgehead atoms. The highest BCUT2D eigenvalue weighted by atomic mass is 35.5. The van der Waals surface area contributed by atoms with Crippen LogP contribution in [0.25, 0.3) is 0 Å². The van der Waals surface area contributed by atoms with Crippen molar-refractivity contribution in [3.05, 3.63) is 16.4 Å². The van der Waals surface area contributed by atoms with Crippen molar-refractivity contribution < 1.29 is 0 Å². The second-order valence-corrected chi connectivity index (χ2v) is 5.21. The molecule has 3 nitrogen and oxygen atoms in total. The van der Waals surface area contributed by atoms with Crippen molar-refractivity contribution in [3.63, 3.8) is 0 Å². The fourth-order valence-electron chi connectivity index (χ4n) is 2.41. The molecule has 104 valence electrons.